The number of nitriles is 1. The molecule has 0 unspecified atom stereocenters. The van der Waals surface area contributed by atoms with Gasteiger partial charge in [0.15, 0.2) is 0 Å². The van der Waals surface area contributed by atoms with Gasteiger partial charge in [0, 0.05) is 47.9 Å². The Morgan fingerprint density at radius 1 is 1.12 bits per heavy atom. The number of benzene rings is 2. The van der Waals surface area contributed by atoms with Gasteiger partial charge in [-0.15, -0.1) is 0 Å². The van der Waals surface area contributed by atoms with Gasteiger partial charge in [-0.25, -0.2) is 4.98 Å². The van der Waals surface area contributed by atoms with E-state index in [9.17, 15) is 14.9 Å². The first kappa shape index (κ1) is 31.1. The highest BCUT2D eigenvalue weighted by molar-refractivity contribution is 6.35. The van der Waals surface area contributed by atoms with E-state index in [2.05, 4.69) is 20.6 Å². The van der Waals surface area contributed by atoms with Crippen molar-refractivity contribution in [2.75, 3.05) is 26.6 Å². The number of ether oxygens (including phenoxy) is 2. The molecule has 0 fully saturated rings. The van der Waals surface area contributed by atoms with Crippen LogP contribution in [0.1, 0.15) is 31.9 Å². The minimum Gasteiger partial charge on any atom is -0.497 e. The van der Waals surface area contributed by atoms with Crippen LogP contribution < -0.4 is 25.7 Å². The molecule has 0 bridgehead atoms. The van der Waals surface area contributed by atoms with Crippen molar-refractivity contribution in [2.24, 2.45) is 0 Å². The smallest absolute Gasteiger partial charge is 0.262 e. The maximum absolute atomic E-state index is 14.0. The number of nitrogens with zero attached hydrogens (tertiary/aromatic N) is 4. The molecular formula is C32H33ClN6O4. The third kappa shape index (κ3) is 7.13. The van der Waals surface area contributed by atoms with Crippen molar-refractivity contribution in [2.45, 2.75) is 39.3 Å². The van der Waals surface area contributed by atoms with E-state index < -0.39 is 11.4 Å². The number of nitrogens with one attached hydrogen (secondary N) is 2. The number of methoxy groups -OCH3 is 2. The topological polar surface area (TPSA) is 131 Å². The van der Waals surface area contributed by atoms with Gasteiger partial charge < -0.3 is 20.1 Å². The normalized spacial score (nSPS) is 11.6. The molecule has 2 aromatic heterocycles. The number of amides is 1. The van der Waals surface area contributed by atoms with E-state index in [-0.39, 0.29) is 16.2 Å². The van der Waals surface area contributed by atoms with Crippen LogP contribution in [-0.2, 0) is 17.8 Å². The average molecular weight is 601 g/mol. The Kier molecular flexibility index (Phi) is 9.37. The minimum atomic E-state index is -0.459. The molecule has 2 heterocycles. The average Bonchev–Trinajstić information content (AvgIpc) is 2.98. The Morgan fingerprint density at radius 2 is 1.84 bits per heavy atom. The molecule has 0 aliphatic rings. The Labute approximate surface area is 254 Å². The van der Waals surface area contributed by atoms with Crippen LogP contribution in [-0.4, -0.2) is 47.2 Å². The van der Waals surface area contributed by atoms with Crippen molar-refractivity contribution < 1.29 is 14.3 Å². The quantitative estimate of drug-likeness (QED) is 0.197. The predicted molar refractivity (Wildman–Crippen MR) is 169 cm³/mol. The molecular weight excluding hydrogens is 568 g/mol. The number of halogens is 1. The monoisotopic (exact) mass is 600 g/mol. The summed E-state index contributed by atoms with van der Waals surface area (Å²) in [4.78, 5) is 35.4. The lowest BCUT2D eigenvalue weighted by Crippen LogP contribution is -2.41. The van der Waals surface area contributed by atoms with Crippen LogP contribution in [0.15, 0.2) is 59.0 Å². The SMILES string of the molecule is CNc1ncc2cc(-c3cc(OC)cc(OC)c3Cl)c(=O)n(CCc3ccc(/C=C(\C#N)C(=O)NC(C)(C)C)cc3)c2n1. The van der Waals surface area contributed by atoms with E-state index in [1.54, 1.807) is 42.1 Å². The molecule has 2 aromatic carbocycles. The van der Waals surface area contributed by atoms with Crippen molar-refractivity contribution in [1.82, 2.24) is 19.9 Å². The predicted octanol–water partition coefficient (Wildman–Crippen LogP) is 5.24. The van der Waals surface area contributed by atoms with E-state index in [0.717, 1.165) is 5.56 Å². The molecule has 0 aliphatic heterocycles. The Morgan fingerprint density at radius 3 is 2.44 bits per heavy atom. The van der Waals surface area contributed by atoms with Crippen molar-refractivity contribution in [1.29, 1.82) is 5.26 Å². The fourth-order valence-electron chi connectivity index (χ4n) is 4.46. The lowest BCUT2D eigenvalue weighted by molar-refractivity contribution is -0.118. The van der Waals surface area contributed by atoms with Crippen molar-refractivity contribution in [3.8, 4) is 28.7 Å². The molecule has 10 nitrogen and oxygen atoms in total. The van der Waals surface area contributed by atoms with E-state index >= 15 is 0 Å². The summed E-state index contributed by atoms with van der Waals surface area (Å²) in [5.74, 6) is 0.832. The number of aromatic nitrogens is 3. The number of rotatable bonds is 9. The Hall–Kier alpha value is -4.88. The minimum absolute atomic E-state index is 0.0189. The molecule has 0 radical (unpaired) electrons. The van der Waals surface area contributed by atoms with E-state index in [4.69, 9.17) is 21.1 Å². The molecule has 43 heavy (non-hydrogen) atoms. The number of pyridine rings is 1. The molecule has 0 atom stereocenters. The van der Waals surface area contributed by atoms with Crippen molar-refractivity contribution in [3.05, 3.63) is 80.7 Å². The first-order valence-corrected chi connectivity index (χ1v) is 13.9. The van der Waals surface area contributed by atoms with Gasteiger partial charge in [-0.3, -0.25) is 14.2 Å². The largest absolute Gasteiger partial charge is 0.497 e. The highest BCUT2D eigenvalue weighted by Gasteiger charge is 2.20. The van der Waals surface area contributed by atoms with Crippen molar-refractivity contribution in [3.63, 3.8) is 0 Å². The van der Waals surface area contributed by atoms with Crippen LogP contribution >= 0.6 is 11.6 Å². The van der Waals surface area contributed by atoms with Gasteiger partial charge in [-0.2, -0.15) is 10.2 Å². The number of hydrogen-bond acceptors (Lipinski definition) is 8. The first-order valence-electron chi connectivity index (χ1n) is 13.5. The Balaban J connectivity index is 1.71. The lowest BCUT2D eigenvalue weighted by Gasteiger charge is -2.20. The van der Waals surface area contributed by atoms with E-state index in [0.29, 0.717) is 58.1 Å². The van der Waals surface area contributed by atoms with E-state index in [1.807, 2.05) is 51.1 Å². The van der Waals surface area contributed by atoms with Gasteiger partial charge >= 0.3 is 0 Å². The third-order valence-electron chi connectivity index (χ3n) is 6.58. The summed E-state index contributed by atoms with van der Waals surface area (Å²) in [7, 11) is 4.74. The van der Waals surface area contributed by atoms with Gasteiger partial charge in [-0.1, -0.05) is 35.9 Å². The molecule has 4 aromatic rings. The fraction of sp³-hybridized carbons (Fsp3) is 0.281. The molecule has 0 aliphatic carbocycles. The summed E-state index contributed by atoms with van der Waals surface area (Å²) in [6.45, 7) is 5.88. The van der Waals surface area contributed by atoms with Crippen molar-refractivity contribution >= 4 is 40.6 Å². The number of hydrogen-bond donors (Lipinski definition) is 2. The lowest BCUT2D eigenvalue weighted by atomic mass is 10.0. The zero-order valence-corrected chi connectivity index (χ0v) is 25.7. The molecule has 0 saturated carbocycles. The van der Waals surface area contributed by atoms with Gasteiger partial charge in [0.25, 0.3) is 11.5 Å². The van der Waals surface area contributed by atoms with Crippen LogP contribution in [0.5, 0.6) is 11.5 Å². The number of fused-ring (bicyclic) bond motifs is 1. The van der Waals surface area contributed by atoms with Crippen LogP contribution in [0, 0.1) is 11.3 Å². The highest BCUT2D eigenvalue weighted by atomic mass is 35.5. The molecule has 0 saturated heterocycles. The maximum Gasteiger partial charge on any atom is 0.262 e. The number of carbonyl (C=O) groups excluding carboxylic acids is 1. The summed E-state index contributed by atoms with van der Waals surface area (Å²) in [6, 6.07) is 14.5. The maximum atomic E-state index is 14.0. The molecule has 0 spiro atoms. The second kappa shape index (κ2) is 13.0. The van der Waals surface area contributed by atoms with Crippen LogP contribution in [0.2, 0.25) is 5.02 Å². The zero-order valence-electron chi connectivity index (χ0n) is 24.9. The summed E-state index contributed by atoms with van der Waals surface area (Å²) < 4.78 is 12.4. The third-order valence-corrected chi connectivity index (χ3v) is 6.97. The van der Waals surface area contributed by atoms with E-state index in [1.165, 1.54) is 14.2 Å². The van der Waals surface area contributed by atoms with Crippen LogP contribution in [0.3, 0.4) is 0 Å². The molecule has 4 rings (SSSR count). The van der Waals surface area contributed by atoms with Gasteiger partial charge in [0.2, 0.25) is 5.95 Å². The number of anilines is 1. The first-order chi connectivity index (χ1) is 20.5. The summed E-state index contributed by atoms with van der Waals surface area (Å²) in [5, 5.41) is 16.2. The van der Waals surface area contributed by atoms with Crippen LogP contribution in [0.25, 0.3) is 28.2 Å². The second-order valence-electron chi connectivity index (χ2n) is 10.8. The zero-order chi connectivity index (χ0) is 31.3. The Bertz CT molecular complexity index is 1800. The molecule has 2 N–H and O–H groups in total. The highest BCUT2D eigenvalue weighted by Crippen LogP contribution is 2.38. The molecule has 222 valence electrons. The number of aryl methyl sites for hydroxylation is 2. The fourth-order valence-corrected chi connectivity index (χ4v) is 4.75. The van der Waals surface area contributed by atoms with Gasteiger partial charge in [0.05, 0.1) is 19.2 Å². The molecule has 11 heteroatoms. The standard InChI is InChI=1S/C32H33ClN6O4/c1-32(2,3)38-29(40)21(17-34)13-20-9-7-19(8-10-20)11-12-39-28-22(18-36-31(35-4)37-28)14-25(30(39)41)24-15-23(42-5)16-26(43-6)27(24)33/h7-10,13-16,18H,11-12H2,1-6H3,(H,38,40)(H,35,36,37)/b21-13+. The molecule has 1 amide bonds. The second-order valence-corrected chi connectivity index (χ2v) is 11.2. The summed E-state index contributed by atoms with van der Waals surface area (Å²) in [6.07, 6.45) is 3.71. The van der Waals surface area contributed by atoms with Gasteiger partial charge in [-0.05, 0) is 56.5 Å². The number of carbonyl (C=O) groups is 1. The van der Waals surface area contributed by atoms with Crippen LogP contribution in [0.4, 0.5) is 5.95 Å². The summed E-state index contributed by atoms with van der Waals surface area (Å²) in [5.41, 5.74) is 2.23. The van der Waals surface area contributed by atoms with Gasteiger partial charge in [0.1, 0.15) is 28.8 Å². The summed E-state index contributed by atoms with van der Waals surface area (Å²) >= 11 is 6.66.